The molecule has 0 radical (unpaired) electrons. The van der Waals surface area contributed by atoms with Crippen LogP contribution < -0.4 is 4.57 Å². The van der Waals surface area contributed by atoms with Gasteiger partial charge in [0, 0.05) is 12.3 Å². The molecule has 2 aromatic heterocycles. The molecule has 2 rings (SSSR count). The van der Waals surface area contributed by atoms with Gasteiger partial charge in [0.25, 0.3) is 0 Å². The van der Waals surface area contributed by atoms with E-state index in [4.69, 9.17) is 4.42 Å². The second-order valence-corrected chi connectivity index (χ2v) is 8.02. The maximum atomic E-state index is 5.59. The number of nitrogens with zero attached hydrogens (tertiary/aromatic N) is 2. The molecule has 2 aromatic rings. The molecule has 0 aliphatic rings. The number of hydrogen-bond donors (Lipinski definition) is 0. The van der Waals surface area contributed by atoms with E-state index in [9.17, 15) is 0 Å². The van der Waals surface area contributed by atoms with Crippen molar-refractivity contribution in [2.24, 2.45) is 0 Å². The highest BCUT2D eigenvalue weighted by molar-refractivity contribution is 7.09. The first-order chi connectivity index (χ1) is 9.13. The van der Waals surface area contributed by atoms with Gasteiger partial charge in [0.05, 0.1) is 16.0 Å². The highest BCUT2D eigenvalue weighted by Gasteiger charge is 2.34. The predicted octanol–water partition coefficient (Wildman–Crippen LogP) is 3.92. The third-order valence-corrected chi connectivity index (χ3v) is 5.17. The molecule has 0 saturated carbocycles. The molecule has 0 aliphatic carbocycles. The molecule has 0 saturated heterocycles. The molecule has 0 unspecified atom stereocenters. The first-order valence-corrected chi connectivity index (χ1v) is 7.89. The molecule has 0 bridgehead atoms. The lowest BCUT2D eigenvalue weighted by atomic mass is 9.88. The Labute approximate surface area is 125 Å². The summed E-state index contributed by atoms with van der Waals surface area (Å²) in [4.78, 5) is 5.66. The zero-order chi connectivity index (χ0) is 15.1. The van der Waals surface area contributed by atoms with E-state index < -0.39 is 0 Å². The Morgan fingerprint density at radius 3 is 2.30 bits per heavy atom. The van der Waals surface area contributed by atoms with Gasteiger partial charge in [-0.3, -0.25) is 0 Å². The molecule has 0 amide bonds. The quantitative estimate of drug-likeness (QED) is 0.803. The van der Waals surface area contributed by atoms with Crippen LogP contribution >= 0.6 is 11.3 Å². The molecule has 110 valence electrons. The Hall–Kier alpha value is -1.16. The third-order valence-electron chi connectivity index (χ3n) is 3.66. The fraction of sp³-hybridized carbons (Fsp3) is 0.625. The monoisotopic (exact) mass is 293 g/mol. The summed E-state index contributed by atoms with van der Waals surface area (Å²) >= 11 is 1.84. The van der Waals surface area contributed by atoms with Crippen molar-refractivity contribution < 1.29 is 8.98 Å². The Kier molecular flexibility index (Phi) is 3.80. The second kappa shape index (κ2) is 4.99. The maximum absolute atomic E-state index is 5.59. The maximum Gasteiger partial charge on any atom is 0.225 e. The minimum atomic E-state index is -0.0633. The average Bonchev–Trinajstić information content (AvgIpc) is 2.85. The average molecular weight is 293 g/mol. The van der Waals surface area contributed by atoms with E-state index >= 15 is 0 Å². The number of aryl methyl sites for hydroxylation is 1. The molecule has 20 heavy (non-hydrogen) atoms. The first-order valence-electron chi connectivity index (χ1n) is 7.01. The Balaban J connectivity index is 2.31. The van der Waals surface area contributed by atoms with Crippen molar-refractivity contribution in [2.75, 3.05) is 0 Å². The molecule has 0 aromatic carbocycles. The minimum absolute atomic E-state index is 0.0633. The predicted molar refractivity (Wildman–Crippen MR) is 82.2 cm³/mol. The third kappa shape index (κ3) is 2.80. The van der Waals surface area contributed by atoms with E-state index in [1.807, 2.05) is 18.3 Å². The van der Waals surface area contributed by atoms with Crippen molar-refractivity contribution in [3.05, 3.63) is 33.9 Å². The van der Waals surface area contributed by atoms with Crippen LogP contribution in [0.2, 0.25) is 0 Å². The lowest BCUT2D eigenvalue weighted by molar-refractivity contribution is -0.706. The van der Waals surface area contributed by atoms with Crippen molar-refractivity contribution >= 4 is 11.3 Å². The molecule has 0 spiro atoms. The van der Waals surface area contributed by atoms with Crippen LogP contribution in [-0.2, 0) is 17.4 Å². The summed E-state index contributed by atoms with van der Waals surface area (Å²) in [5.41, 5.74) is 4.70. The Bertz CT molecular complexity index is 602. The van der Waals surface area contributed by atoms with Gasteiger partial charge in [-0.25, -0.2) is 4.98 Å². The van der Waals surface area contributed by atoms with Crippen molar-refractivity contribution in [3.8, 4) is 0 Å². The van der Waals surface area contributed by atoms with Crippen molar-refractivity contribution in [2.45, 2.75) is 65.8 Å². The summed E-state index contributed by atoms with van der Waals surface area (Å²) in [6.07, 6.45) is 1.54. The fourth-order valence-corrected chi connectivity index (χ4v) is 3.84. The number of aromatic nitrogens is 2. The van der Waals surface area contributed by atoms with Gasteiger partial charge in [-0.05, 0) is 20.8 Å². The standard InChI is InChI=1S/C16H25N2OS/c1-11-13(19-9-17-11)16(6,7)8-18-10-20-14(12(18)2)15(3,4)5/h9-10H,8H2,1-7H3/q+1. The molecule has 0 aliphatic heterocycles. The van der Waals surface area contributed by atoms with Gasteiger partial charge in [-0.15, -0.1) is 0 Å². The summed E-state index contributed by atoms with van der Waals surface area (Å²) < 4.78 is 7.93. The van der Waals surface area contributed by atoms with Gasteiger partial charge < -0.3 is 4.42 Å². The van der Waals surface area contributed by atoms with Crippen LogP contribution in [0.5, 0.6) is 0 Å². The second-order valence-electron chi connectivity index (χ2n) is 7.17. The summed E-state index contributed by atoms with van der Waals surface area (Å²) in [6, 6.07) is 0. The zero-order valence-electron chi connectivity index (χ0n) is 13.6. The number of oxazole rings is 1. The van der Waals surface area contributed by atoms with E-state index in [1.165, 1.54) is 17.0 Å². The summed E-state index contributed by atoms with van der Waals surface area (Å²) in [6.45, 7) is 16.3. The largest absolute Gasteiger partial charge is 0.447 e. The highest BCUT2D eigenvalue weighted by Crippen LogP contribution is 2.30. The van der Waals surface area contributed by atoms with E-state index in [1.54, 1.807) is 0 Å². The molecular weight excluding hydrogens is 268 g/mol. The summed E-state index contributed by atoms with van der Waals surface area (Å²) in [5.74, 6) is 0.980. The normalized spacial score (nSPS) is 12.9. The van der Waals surface area contributed by atoms with Crippen LogP contribution in [0.1, 0.15) is 56.6 Å². The van der Waals surface area contributed by atoms with Gasteiger partial charge in [0.15, 0.2) is 18.6 Å². The lowest BCUT2D eigenvalue weighted by Gasteiger charge is -2.19. The van der Waals surface area contributed by atoms with Crippen LogP contribution in [-0.4, -0.2) is 4.98 Å². The zero-order valence-corrected chi connectivity index (χ0v) is 14.4. The Morgan fingerprint density at radius 1 is 1.20 bits per heavy atom. The molecule has 3 nitrogen and oxygen atoms in total. The van der Waals surface area contributed by atoms with Gasteiger partial charge in [-0.2, -0.15) is 4.57 Å². The van der Waals surface area contributed by atoms with Crippen LogP contribution in [0.4, 0.5) is 0 Å². The van der Waals surface area contributed by atoms with Crippen LogP contribution in [0, 0.1) is 13.8 Å². The Morgan fingerprint density at radius 2 is 1.85 bits per heavy atom. The first kappa shape index (κ1) is 15.2. The van der Waals surface area contributed by atoms with Crippen LogP contribution in [0.25, 0.3) is 0 Å². The fourth-order valence-electron chi connectivity index (χ4n) is 2.74. The SMILES string of the molecule is Cc1ncoc1C(C)(C)C[n+]1csc(C(C)(C)C)c1C. The van der Waals surface area contributed by atoms with Gasteiger partial charge in [0.2, 0.25) is 5.51 Å². The van der Waals surface area contributed by atoms with E-state index in [-0.39, 0.29) is 10.8 Å². The smallest absolute Gasteiger partial charge is 0.225 e. The highest BCUT2D eigenvalue weighted by atomic mass is 32.1. The molecule has 0 atom stereocenters. The van der Waals surface area contributed by atoms with Gasteiger partial charge in [-0.1, -0.05) is 32.1 Å². The van der Waals surface area contributed by atoms with Crippen LogP contribution in [0.15, 0.2) is 16.3 Å². The molecule has 2 heterocycles. The minimum Gasteiger partial charge on any atom is -0.447 e. The number of thiazole rings is 1. The lowest BCUT2D eigenvalue weighted by Crippen LogP contribution is -2.44. The van der Waals surface area contributed by atoms with Gasteiger partial charge >= 0.3 is 0 Å². The molecule has 0 fully saturated rings. The van der Waals surface area contributed by atoms with Crippen molar-refractivity contribution in [3.63, 3.8) is 0 Å². The molecular formula is C16H25N2OS+. The molecule has 4 heteroatoms. The summed E-state index contributed by atoms with van der Waals surface area (Å²) in [5, 5.41) is 0. The van der Waals surface area contributed by atoms with E-state index in [0.717, 1.165) is 18.0 Å². The van der Waals surface area contributed by atoms with Crippen molar-refractivity contribution in [1.29, 1.82) is 0 Å². The molecule has 0 N–H and O–H groups in total. The van der Waals surface area contributed by atoms with E-state index in [0.29, 0.717) is 0 Å². The van der Waals surface area contributed by atoms with Crippen LogP contribution in [0.3, 0.4) is 0 Å². The number of rotatable bonds is 3. The number of hydrogen-bond acceptors (Lipinski definition) is 3. The van der Waals surface area contributed by atoms with Gasteiger partial charge in [0.1, 0.15) is 5.76 Å². The van der Waals surface area contributed by atoms with Crippen molar-refractivity contribution in [1.82, 2.24) is 4.98 Å². The summed E-state index contributed by atoms with van der Waals surface area (Å²) in [7, 11) is 0. The van der Waals surface area contributed by atoms with E-state index in [2.05, 4.69) is 56.6 Å². The topological polar surface area (TPSA) is 29.9 Å².